The van der Waals surface area contributed by atoms with E-state index in [2.05, 4.69) is 15.3 Å². The Balaban J connectivity index is 1.60. The smallest absolute Gasteiger partial charge is 0.251 e. The van der Waals surface area contributed by atoms with E-state index in [9.17, 15) is 9.90 Å². The number of aromatic nitrogens is 2. The highest BCUT2D eigenvalue weighted by atomic mass is 16.5. The number of pyridine rings is 2. The number of ether oxygens (including phenoxy) is 1. The van der Waals surface area contributed by atoms with Gasteiger partial charge in [0.25, 0.3) is 5.91 Å². The first-order valence-electron chi connectivity index (χ1n) is 8.96. The summed E-state index contributed by atoms with van der Waals surface area (Å²) in [5, 5.41) is 13.8. The average molecular weight is 363 g/mol. The lowest BCUT2D eigenvalue weighted by Gasteiger charge is -2.38. The molecule has 1 saturated carbocycles. The van der Waals surface area contributed by atoms with Crippen molar-refractivity contribution < 1.29 is 14.6 Å². The Bertz CT molecular complexity index is 970. The zero-order chi connectivity index (χ0) is 18.8. The van der Waals surface area contributed by atoms with Crippen LogP contribution in [0.3, 0.4) is 0 Å². The molecule has 1 aliphatic carbocycles. The number of nitrogens with zero attached hydrogens (tertiary/aromatic N) is 2. The maximum absolute atomic E-state index is 12.9. The van der Waals surface area contributed by atoms with Gasteiger partial charge in [0.2, 0.25) is 0 Å². The lowest BCUT2D eigenvalue weighted by atomic mass is 9.75. The summed E-state index contributed by atoms with van der Waals surface area (Å²) in [7, 11) is 1.59. The number of amides is 1. The normalized spacial score (nSPS) is 19.9. The highest BCUT2D eigenvalue weighted by Crippen LogP contribution is 2.38. The number of benzene rings is 1. The topological polar surface area (TPSA) is 84.3 Å². The minimum Gasteiger partial charge on any atom is -0.495 e. The van der Waals surface area contributed by atoms with Crippen molar-refractivity contribution >= 4 is 16.8 Å². The number of rotatable bonds is 5. The standard InChI is InChI=1S/C21H21N3O3/c1-27-18-10-16(11-22-12-18)20(15-8-17(25)9-15)24-21(26)14-4-5-19-13(7-14)3-2-6-23-19/h2-7,10-12,15,17,20,25H,8-9H2,1H3,(H,24,26)/t15?,17?,20-/m1/s1. The third-order valence-electron chi connectivity index (χ3n) is 5.10. The van der Waals surface area contributed by atoms with Gasteiger partial charge in [-0.2, -0.15) is 0 Å². The van der Waals surface area contributed by atoms with Crippen LogP contribution in [-0.2, 0) is 0 Å². The summed E-state index contributed by atoms with van der Waals surface area (Å²) in [5.41, 5.74) is 2.31. The Morgan fingerprint density at radius 1 is 1.26 bits per heavy atom. The molecule has 1 aliphatic rings. The fourth-order valence-corrected chi connectivity index (χ4v) is 3.53. The van der Waals surface area contributed by atoms with Crippen LogP contribution in [0, 0.1) is 5.92 Å². The fourth-order valence-electron chi connectivity index (χ4n) is 3.53. The number of aliphatic hydroxyl groups excluding tert-OH is 1. The van der Waals surface area contributed by atoms with E-state index in [1.165, 1.54) is 0 Å². The molecule has 6 nitrogen and oxygen atoms in total. The molecule has 1 fully saturated rings. The second kappa shape index (κ2) is 7.32. The fraction of sp³-hybridized carbons (Fsp3) is 0.286. The van der Waals surface area contributed by atoms with Crippen LogP contribution in [0.25, 0.3) is 10.9 Å². The molecule has 6 heteroatoms. The summed E-state index contributed by atoms with van der Waals surface area (Å²) in [6, 6.07) is 10.9. The van der Waals surface area contributed by atoms with Gasteiger partial charge in [-0.15, -0.1) is 0 Å². The molecule has 2 N–H and O–H groups in total. The zero-order valence-electron chi connectivity index (χ0n) is 15.0. The molecule has 4 rings (SSSR count). The Morgan fingerprint density at radius 2 is 2.11 bits per heavy atom. The largest absolute Gasteiger partial charge is 0.495 e. The van der Waals surface area contributed by atoms with Gasteiger partial charge in [-0.05, 0) is 54.7 Å². The highest BCUT2D eigenvalue weighted by molar-refractivity contribution is 5.98. The molecule has 1 amide bonds. The first-order valence-corrected chi connectivity index (χ1v) is 8.96. The van der Waals surface area contributed by atoms with Crippen LogP contribution in [0.2, 0.25) is 0 Å². The van der Waals surface area contributed by atoms with Gasteiger partial charge >= 0.3 is 0 Å². The molecule has 0 saturated heterocycles. The summed E-state index contributed by atoms with van der Waals surface area (Å²) in [6.07, 6.45) is 6.11. The molecule has 0 radical (unpaired) electrons. The molecule has 138 valence electrons. The predicted molar refractivity (Wildman–Crippen MR) is 101 cm³/mol. The third kappa shape index (κ3) is 3.61. The summed E-state index contributed by atoms with van der Waals surface area (Å²) in [6.45, 7) is 0. The van der Waals surface area contributed by atoms with Crippen molar-refractivity contribution in [3.8, 4) is 5.75 Å². The van der Waals surface area contributed by atoms with Crippen molar-refractivity contribution in [1.29, 1.82) is 0 Å². The van der Waals surface area contributed by atoms with Gasteiger partial charge in [0.05, 0.1) is 31.0 Å². The number of carbonyl (C=O) groups is 1. The number of carbonyl (C=O) groups excluding carboxylic acids is 1. The van der Waals surface area contributed by atoms with Gasteiger partial charge < -0.3 is 15.2 Å². The minimum absolute atomic E-state index is 0.157. The van der Waals surface area contributed by atoms with Crippen LogP contribution in [0.4, 0.5) is 0 Å². The molecule has 0 aliphatic heterocycles. The SMILES string of the molecule is COc1cncc([C@H](NC(=O)c2ccc3ncccc3c2)C2CC(O)C2)c1. The Labute approximate surface area is 157 Å². The molecule has 1 aromatic carbocycles. The van der Waals surface area contributed by atoms with Crippen LogP contribution in [-0.4, -0.2) is 34.2 Å². The highest BCUT2D eigenvalue weighted by Gasteiger charge is 2.36. The Hall–Kier alpha value is -2.99. The molecule has 0 spiro atoms. The number of hydrogen-bond donors (Lipinski definition) is 2. The molecule has 0 bridgehead atoms. The molecular weight excluding hydrogens is 342 g/mol. The molecule has 2 heterocycles. The third-order valence-corrected chi connectivity index (χ3v) is 5.10. The van der Waals surface area contributed by atoms with Gasteiger partial charge in [0.1, 0.15) is 5.75 Å². The van der Waals surface area contributed by atoms with Crippen molar-refractivity contribution in [2.45, 2.75) is 25.0 Å². The van der Waals surface area contributed by atoms with E-state index in [0.717, 1.165) is 16.5 Å². The van der Waals surface area contributed by atoms with Crippen LogP contribution < -0.4 is 10.1 Å². The van der Waals surface area contributed by atoms with Crippen LogP contribution in [0.5, 0.6) is 5.75 Å². The minimum atomic E-state index is -0.306. The first-order chi connectivity index (χ1) is 13.1. The second-order valence-electron chi connectivity index (χ2n) is 6.91. The lowest BCUT2D eigenvalue weighted by Crippen LogP contribution is -2.41. The summed E-state index contributed by atoms with van der Waals surface area (Å²) in [5.74, 6) is 0.651. The number of hydrogen-bond acceptors (Lipinski definition) is 5. The number of methoxy groups -OCH3 is 1. The molecule has 1 atom stereocenters. The predicted octanol–water partition coefficient (Wildman–Crippen LogP) is 2.88. The van der Waals surface area contributed by atoms with Gasteiger partial charge in [-0.1, -0.05) is 6.07 Å². The van der Waals surface area contributed by atoms with Crippen molar-refractivity contribution in [2.75, 3.05) is 7.11 Å². The van der Waals surface area contributed by atoms with Gasteiger partial charge in [-0.25, -0.2) is 0 Å². The monoisotopic (exact) mass is 363 g/mol. The zero-order valence-corrected chi connectivity index (χ0v) is 15.0. The molecule has 2 aromatic heterocycles. The second-order valence-corrected chi connectivity index (χ2v) is 6.91. The molecule has 0 unspecified atom stereocenters. The van der Waals surface area contributed by atoms with E-state index in [-0.39, 0.29) is 24.0 Å². The van der Waals surface area contributed by atoms with Crippen LogP contribution >= 0.6 is 0 Å². The van der Waals surface area contributed by atoms with E-state index < -0.39 is 0 Å². The van der Waals surface area contributed by atoms with Crippen molar-refractivity contribution in [2.24, 2.45) is 5.92 Å². The van der Waals surface area contributed by atoms with E-state index in [4.69, 9.17) is 4.74 Å². The number of nitrogens with one attached hydrogen (secondary N) is 1. The van der Waals surface area contributed by atoms with Crippen LogP contribution in [0.1, 0.15) is 34.8 Å². The number of fused-ring (bicyclic) bond motifs is 1. The summed E-state index contributed by atoms with van der Waals surface area (Å²) >= 11 is 0. The van der Waals surface area contributed by atoms with Crippen molar-refractivity contribution in [3.05, 3.63) is 66.1 Å². The molecular formula is C21H21N3O3. The van der Waals surface area contributed by atoms with E-state index in [1.54, 1.807) is 31.8 Å². The molecule has 3 aromatic rings. The van der Waals surface area contributed by atoms with Gasteiger partial charge in [0.15, 0.2) is 0 Å². The number of aliphatic hydroxyl groups is 1. The molecule has 27 heavy (non-hydrogen) atoms. The van der Waals surface area contributed by atoms with Gasteiger partial charge in [-0.3, -0.25) is 14.8 Å². The van der Waals surface area contributed by atoms with E-state index >= 15 is 0 Å². The van der Waals surface area contributed by atoms with Crippen LogP contribution in [0.15, 0.2) is 55.0 Å². The Morgan fingerprint density at radius 3 is 2.89 bits per heavy atom. The maximum atomic E-state index is 12.9. The Kier molecular flexibility index (Phi) is 4.73. The maximum Gasteiger partial charge on any atom is 0.251 e. The van der Waals surface area contributed by atoms with Crippen molar-refractivity contribution in [1.82, 2.24) is 15.3 Å². The van der Waals surface area contributed by atoms with E-state index in [0.29, 0.717) is 24.2 Å². The quantitative estimate of drug-likeness (QED) is 0.728. The lowest BCUT2D eigenvalue weighted by molar-refractivity contribution is 0.0234. The average Bonchev–Trinajstić information content (AvgIpc) is 2.69. The summed E-state index contributed by atoms with van der Waals surface area (Å²) < 4.78 is 5.26. The first kappa shape index (κ1) is 17.4. The van der Waals surface area contributed by atoms with E-state index in [1.807, 2.05) is 30.3 Å². The van der Waals surface area contributed by atoms with Gasteiger partial charge in [0, 0.05) is 23.3 Å². The van der Waals surface area contributed by atoms with Crippen molar-refractivity contribution in [3.63, 3.8) is 0 Å². The summed E-state index contributed by atoms with van der Waals surface area (Å²) in [4.78, 5) is 21.4.